The number of nitrogens with one attached hydrogen (secondary N) is 1. The van der Waals surface area contributed by atoms with Crippen LogP contribution in [0.1, 0.15) is 16.1 Å². The highest BCUT2D eigenvalue weighted by Gasteiger charge is 2.17. The van der Waals surface area contributed by atoms with Crippen molar-refractivity contribution in [1.82, 2.24) is 19.9 Å². The first-order valence-electron chi connectivity index (χ1n) is 9.28. The lowest BCUT2D eigenvalue weighted by Crippen LogP contribution is -2.26. The zero-order chi connectivity index (χ0) is 20.2. The number of amides is 1. The summed E-state index contributed by atoms with van der Waals surface area (Å²) in [7, 11) is 1.79. The van der Waals surface area contributed by atoms with Gasteiger partial charge in [-0.3, -0.25) is 4.79 Å². The zero-order valence-corrected chi connectivity index (χ0v) is 16.0. The first-order valence-corrected chi connectivity index (χ1v) is 9.28. The van der Waals surface area contributed by atoms with Gasteiger partial charge in [0.2, 0.25) is 5.95 Å². The molecular formula is C23H21N5O. The first-order chi connectivity index (χ1) is 14.1. The smallest absolute Gasteiger partial charge is 0.270 e. The molecule has 0 unspecified atom stereocenters. The van der Waals surface area contributed by atoms with Gasteiger partial charge in [-0.05, 0) is 17.2 Å². The van der Waals surface area contributed by atoms with Crippen molar-refractivity contribution in [2.45, 2.75) is 6.54 Å². The summed E-state index contributed by atoms with van der Waals surface area (Å²) in [6, 6.07) is 21.5. The average Bonchev–Trinajstić information content (AvgIpc) is 3.24. The molecule has 144 valence electrons. The Hall–Kier alpha value is -3.93. The molecule has 4 aromatic rings. The highest BCUT2D eigenvalue weighted by atomic mass is 16.2. The van der Waals surface area contributed by atoms with Crippen LogP contribution in [-0.2, 0) is 6.54 Å². The number of H-pyrrole nitrogens is 1. The largest absolute Gasteiger partial charge is 0.368 e. The average molecular weight is 383 g/mol. The highest BCUT2D eigenvalue weighted by Crippen LogP contribution is 2.31. The van der Waals surface area contributed by atoms with Crippen LogP contribution < -0.4 is 5.73 Å². The van der Waals surface area contributed by atoms with Crippen LogP contribution in [0.15, 0.2) is 79.1 Å². The molecule has 0 saturated carbocycles. The van der Waals surface area contributed by atoms with E-state index >= 15 is 0 Å². The third-order valence-corrected chi connectivity index (χ3v) is 4.69. The number of rotatable bonds is 5. The number of carbonyl (C=O) groups excluding carboxylic acids is 1. The number of aromatic nitrogens is 3. The Labute approximate surface area is 169 Å². The lowest BCUT2D eigenvalue weighted by molar-refractivity contribution is 0.0780. The van der Waals surface area contributed by atoms with E-state index in [0.29, 0.717) is 17.9 Å². The van der Waals surface area contributed by atoms with Gasteiger partial charge in [0.05, 0.1) is 5.69 Å². The van der Waals surface area contributed by atoms with Gasteiger partial charge in [0, 0.05) is 37.1 Å². The number of nitrogens with zero attached hydrogens (tertiary/aromatic N) is 3. The topological polar surface area (TPSA) is 87.9 Å². The van der Waals surface area contributed by atoms with E-state index in [9.17, 15) is 4.79 Å². The van der Waals surface area contributed by atoms with Gasteiger partial charge in [-0.25, -0.2) is 9.97 Å². The minimum absolute atomic E-state index is 0.0941. The molecule has 2 aromatic heterocycles. The van der Waals surface area contributed by atoms with Crippen molar-refractivity contribution >= 4 is 11.9 Å². The SMILES string of the molecule is CN(Cc1ccccc1)C(=O)c1cc(-c2nc(N)ncc2-c2ccccc2)c[nH]1. The number of nitrogens with two attached hydrogens (primary N) is 1. The van der Waals surface area contributed by atoms with Crippen molar-refractivity contribution in [3.8, 4) is 22.4 Å². The predicted molar refractivity (Wildman–Crippen MR) is 114 cm³/mol. The molecular weight excluding hydrogens is 362 g/mol. The second-order valence-corrected chi connectivity index (χ2v) is 6.81. The van der Waals surface area contributed by atoms with Gasteiger partial charge >= 0.3 is 0 Å². The maximum Gasteiger partial charge on any atom is 0.270 e. The highest BCUT2D eigenvalue weighted by molar-refractivity contribution is 5.94. The van der Waals surface area contributed by atoms with Crippen molar-refractivity contribution in [3.63, 3.8) is 0 Å². The van der Waals surface area contributed by atoms with Gasteiger partial charge < -0.3 is 15.6 Å². The Kier molecular flexibility index (Phi) is 5.07. The molecule has 1 amide bonds. The summed E-state index contributed by atoms with van der Waals surface area (Å²) < 4.78 is 0. The molecule has 0 spiro atoms. The number of hydrogen-bond donors (Lipinski definition) is 2. The van der Waals surface area contributed by atoms with Crippen molar-refractivity contribution in [1.29, 1.82) is 0 Å². The Morgan fingerprint density at radius 1 is 1.03 bits per heavy atom. The monoisotopic (exact) mass is 383 g/mol. The second kappa shape index (κ2) is 7.98. The quantitative estimate of drug-likeness (QED) is 0.545. The fraction of sp³-hybridized carbons (Fsp3) is 0.0870. The second-order valence-electron chi connectivity index (χ2n) is 6.81. The maximum atomic E-state index is 12.9. The summed E-state index contributed by atoms with van der Waals surface area (Å²) in [5.74, 6) is 0.0957. The molecule has 0 radical (unpaired) electrons. The molecule has 6 heteroatoms. The normalized spacial score (nSPS) is 10.7. The lowest BCUT2D eigenvalue weighted by Gasteiger charge is -2.16. The van der Waals surface area contributed by atoms with E-state index in [2.05, 4.69) is 15.0 Å². The molecule has 0 atom stereocenters. The third kappa shape index (κ3) is 4.01. The summed E-state index contributed by atoms with van der Waals surface area (Å²) >= 11 is 0. The van der Waals surface area contributed by atoms with Crippen molar-refractivity contribution in [3.05, 3.63) is 90.4 Å². The molecule has 4 rings (SSSR count). The van der Waals surface area contributed by atoms with Crippen molar-refractivity contribution in [2.75, 3.05) is 12.8 Å². The third-order valence-electron chi connectivity index (χ3n) is 4.69. The zero-order valence-electron chi connectivity index (χ0n) is 16.0. The van der Waals surface area contributed by atoms with Crippen LogP contribution in [0, 0.1) is 0 Å². The Morgan fingerprint density at radius 2 is 1.72 bits per heavy atom. The van der Waals surface area contributed by atoms with E-state index < -0.39 is 0 Å². The number of carbonyl (C=O) groups is 1. The van der Waals surface area contributed by atoms with Crippen LogP contribution >= 0.6 is 0 Å². The molecule has 0 aliphatic carbocycles. The van der Waals surface area contributed by atoms with E-state index in [-0.39, 0.29) is 11.9 Å². The number of nitrogen functional groups attached to an aromatic ring is 1. The number of benzene rings is 2. The summed E-state index contributed by atoms with van der Waals surface area (Å²) in [4.78, 5) is 26.2. The van der Waals surface area contributed by atoms with Crippen LogP contribution in [0.25, 0.3) is 22.4 Å². The summed E-state index contributed by atoms with van der Waals surface area (Å²) in [5, 5.41) is 0. The lowest BCUT2D eigenvalue weighted by atomic mass is 10.0. The molecule has 0 saturated heterocycles. The molecule has 6 nitrogen and oxygen atoms in total. The molecule has 2 aromatic carbocycles. The molecule has 2 heterocycles. The summed E-state index contributed by atoms with van der Waals surface area (Å²) in [6.07, 6.45) is 3.49. The number of aromatic amines is 1. The molecule has 0 fully saturated rings. The van der Waals surface area contributed by atoms with Crippen LogP contribution in [0.2, 0.25) is 0 Å². The van der Waals surface area contributed by atoms with Gasteiger partial charge in [-0.2, -0.15) is 0 Å². The van der Waals surface area contributed by atoms with Crippen molar-refractivity contribution < 1.29 is 4.79 Å². The molecule has 0 bridgehead atoms. The van der Waals surface area contributed by atoms with Gasteiger partial charge in [-0.1, -0.05) is 60.7 Å². The molecule has 29 heavy (non-hydrogen) atoms. The Morgan fingerprint density at radius 3 is 2.45 bits per heavy atom. The summed E-state index contributed by atoms with van der Waals surface area (Å²) in [5.41, 5.74) is 10.7. The van der Waals surface area contributed by atoms with E-state index in [1.54, 1.807) is 30.4 Å². The van der Waals surface area contributed by atoms with Crippen LogP contribution in [0.4, 0.5) is 5.95 Å². The fourth-order valence-corrected chi connectivity index (χ4v) is 3.23. The molecule has 0 aliphatic rings. The standard InChI is InChI=1S/C23H21N5O/c1-28(15-16-8-4-2-5-9-16)22(29)20-12-18(13-25-20)21-19(14-26-23(24)27-21)17-10-6-3-7-11-17/h2-14,25H,15H2,1H3,(H2,24,26,27). The minimum Gasteiger partial charge on any atom is -0.368 e. The number of hydrogen-bond acceptors (Lipinski definition) is 4. The van der Waals surface area contributed by atoms with E-state index in [0.717, 1.165) is 22.3 Å². The van der Waals surface area contributed by atoms with E-state index in [1.165, 1.54) is 0 Å². The number of anilines is 1. The predicted octanol–water partition coefficient (Wildman–Crippen LogP) is 3.99. The van der Waals surface area contributed by atoms with Crippen LogP contribution in [0.5, 0.6) is 0 Å². The maximum absolute atomic E-state index is 12.9. The van der Waals surface area contributed by atoms with E-state index in [1.807, 2.05) is 60.7 Å². The Bertz CT molecular complexity index is 1120. The molecule has 3 N–H and O–H groups in total. The van der Waals surface area contributed by atoms with Gasteiger partial charge in [0.25, 0.3) is 5.91 Å². The first kappa shape index (κ1) is 18.4. The van der Waals surface area contributed by atoms with Crippen molar-refractivity contribution in [2.24, 2.45) is 0 Å². The minimum atomic E-state index is -0.0941. The van der Waals surface area contributed by atoms with Gasteiger partial charge in [0.1, 0.15) is 5.69 Å². The fourth-order valence-electron chi connectivity index (χ4n) is 3.23. The van der Waals surface area contributed by atoms with Crippen LogP contribution in [0.3, 0.4) is 0 Å². The van der Waals surface area contributed by atoms with E-state index in [4.69, 9.17) is 5.73 Å². The summed E-state index contributed by atoms with van der Waals surface area (Å²) in [6.45, 7) is 0.531. The van der Waals surface area contributed by atoms with Crippen LogP contribution in [-0.4, -0.2) is 32.8 Å². The molecule has 0 aliphatic heterocycles. The Balaban J connectivity index is 1.63. The van der Waals surface area contributed by atoms with Gasteiger partial charge in [-0.15, -0.1) is 0 Å². The van der Waals surface area contributed by atoms with Gasteiger partial charge in [0.15, 0.2) is 0 Å².